The molecule has 0 heterocycles. The van der Waals surface area contributed by atoms with E-state index in [0.717, 1.165) is 6.07 Å². The van der Waals surface area contributed by atoms with Crippen LogP contribution in [0.3, 0.4) is 0 Å². The maximum Gasteiger partial charge on any atom is 0.314 e. The fraction of sp³-hybridized carbons (Fsp3) is 0.133. The molecule has 6 heteroatoms. The molecule has 0 aliphatic rings. The van der Waals surface area contributed by atoms with Crippen molar-refractivity contribution in [3.8, 4) is 5.75 Å². The van der Waals surface area contributed by atoms with Crippen molar-refractivity contribution in [2.24, 2.45) is 0 Å². The summed E-state index contributed by atoms with van der Waals surface area (Å²) in [6, 6.07) is 11.2. The average Bonchev–Trinajstić information content (AvgIpc) is 2.45. The molecule has 0 radical (unpaired) electrons. The van der Waals surface area contributed by atoms with E-state index in [1.165, 1.54) is 6.07 Å². The van der Waals surface area contributed by atoms with Gasteiger partial charge in [0.25, 0.3) is 0 Å². The van der Waals surface area contributed by atoms with Crippen molar-refractivity contribution in [3.05, 3.63) is 63.3 Å². The normalized spacial score (nSPS) is 12.0. The third-order valence-corrected chi connectivity index (χ3v) is 3.79. The minimum absolute atomic E-state index is 0.0351. The van der Waals surface area contributed by atoms with Gasteiger partial charge in [-0.3, -0.25) is 4.79 Å². The zero-order chi connectivity index (χ0) is 15.4. The van der Waals surface area contributed by atoms with Crippen LogP contribution in [0, 0.1) is 5.82 Å². The molecule has 1 N–H and O–H groups in total. The second-order valence-electron chi connectivity index (χ2n) is 4.31. The lowest BCUT2D eigenvalue weighted by Gasteiger charge is -2.15. The minimum atomic E-state index is -1.01. The number of carboxylic acids is 1. The first kappa shape index (κ1) is 15.8. The third-order valence-electron chi connectivity index (χ3n) is 2.88. The Hall–Kier alpha value is -1.59. The number of rotatable bonds is 5. The van der Waals surface area contributed by atoms with Crippen LogP contribution in [0.4, 0.5) is 4.39 Å². The molecule has 0 fully saturated rings. The van der Waals surface area contributed by atoms with E-state index >= 15 is 0 Å². The van der Waals surface area contributed by atoms with Crippen LogP contribution in [0.5, 0.6) is 5.75 Å². The number of benzene rings is 2. The zero-order valence-corrected chi connectivity index (χ0v) is 13.1. The first-order valence-electron chi connectivity index (χ1n) is 6.04. The highest BCUT2D eigenvalue weighted by molar-refractivity contribution is 9.10. The van der Waals surface area contributed by atoms with Crippen molar-refractivity contribution in [2.45, 2.75) is 5.92 Å². The van der Waals surface area contributed by atoms with Crippen molar-refractivity contribution in [3.63, 3.8) is 0 Å². The van der Waals surface area contributed by atoms with Gasteiger partial charge in [-0.2, -0.15) is 0 Å². The monoisotopic (exact) mass is 372 g/mol. The molecule has 3 nitrogen and oxygen atoms in total. The molecule has 0 saturated carbocycles. The second kappa shape index (κ2) is 6.91. The molecular weight excluding hydrogens is 363 g/mol. The highest BCUT2D eigenvalue weighted by Gasteiger charge is 2.21. The summed E-state index contributed by atoms with van der Waals surface area (Å²) in [7, 11) is 0. The summed E-state index contributed by atoms with van der Waals surface area (Å²) in [5.41, 5.74) is 0.621. The molecule has 0 bridgehead atoms. The number of hydrogen-bond acceptors (Lipinski definition) is 2. The SMILES string of the molecule is O=C(O)C(COc1cc(F)c(Cl)cc1Br)c1ccccc1. The topological polar surface area (TPSA) is 46.5 Å². The van der Waals surface area contributed by atoms with E-state index in [-0.39, 0.29) is 17.4 Å². The van der Waals surface area contributed by atoms with Gasteiger partial charge in [0.2, 0.25) is 0 Å². The van der Waals surface area contributed by atoms with E-state index in [9.17, 15) is 14.3 Å². The van der Waals surface area contributed by atoms with Crippen LogP contribution < -0.4 is 4.74 Å². The van der Waals surface area contributed by atoms with Gasteiger partial charge in [0.1, 0.15) is 24.1 Å². The number of halogens is 3. The largest absolute Gasteiger partial charge is 0.491 e. The zero-order valence-electron chi connectivity index (χ0n) is 10.7. The molecule has 0 amide bonds. The van der Waals surface area contributed by atoms with Gasteiger partial charge in [-0.05, 0) is 27.6 Å². The van der Waals surface area contributed by atoms with E-state index in [1.54, 1.807) is 30.3 Å². The molecule has 110 valence electrons. The van der Waals surface area contributed by atoms with Gasteiger partial charge < -0.3 is 9.84 Å². The Kier molecular flexibility index (Phi) is 5.20. The third kappa shape index (κ3) is 3.95. The summed E-state index contributed by atoms with van der Waals surface area (Å²) in [6.07, 6.45) is 0. The molecule has 0 spiro atoms. The lowest BCUT2D eigenvalue weighted by molar-refractivity contribution is -0.139. The molecule has 0 aliphatic carbocycles. The molecule has 0 aromatic heterocycles. The van der Waals surface area contributed by atoms with Gasteiger partial charge in [-0.1, -0.05) is 41.9 Å². The summed E-state index contributed by atoms with van der Waals surface area (Å²) >= 11 is 8.84. The smallest absolute Gasteiger partial charge is 0.314 e. The van der Waals surface area contributed by atoms with E-state index in [4.69, 9.17) is 16.3 Å². The molecular formula is C15H11BrClFO3. The van der Waals surface area contributed by atoms with E-state index in [1.807, 2.05) is 0 Å². The van der Waals surface area contributed by atoms with E-state index in [0.29, 0.717) is 10.0 Å². The minimum Gasteiger partial charge on any atom is -0.491 e. The predicted molar refractivity (Wildman–Crippen MR) is 81.4 cm³/mol. The fourth-order valence-corrected chi connectivity index (χ4v) is 2.54. The van der Waals surface area contributed by atoms with Gasteiger partial charge in [-0.25, -0.2) is 4.39 Å². The summed E-state index contributed by atoms with van der Waals surface area (Å²) in [5.74, 6) is -2.26. The van der Waals surface area contributed by atoms with Crippen molar-refractivity contribution in [1.29, 1.82) is 0 Å². The van der Waals surface area contributed by atoms with Crippen LogP contribution in [-0.4, -0.2) is 17.7 Å². The Labute approximate surface area is 134 Å². The Bertz CT molecular complexity index is 649. The fourth-order valence-electron chi connectivity index (χ4n) is 1.78. The summed E-state index contributed by atoms with van der Waals surface area (Å²) in [6.45, 7) is -0.112. The maximum atomic E-state index is 13.4. The molecule has 2 rings (SSSR count). The number of carbonyl (C=O) groups is 1. The Morgan fingerprint density at radius 2 is 2.00 bits per heavy atom. The summed E-state index contributed by atoms with van der Waals surface area (Å²) in [4.78, 5) is 11.3. The Morgan fingerprint density at radius 3 is 2.62 bits per heavy atom. The van der Waals surface area contributed by atoms with Gasteiger partial charge >= 0.3 is 5.97 Å². The van der Waals surface area contributed by atoms with Gasteiger partial charge in [0.05, 0.1) is 9.50 Å². The first-order valence-corrected chi connectivity index (χ1v) is 7.21. The second-order valence-corrected chi connectivity index (χ2v) is 5.57. The van der Waals surface area contributed by atoms with Crippen LogP contribution in [0.15, 0.2) is 46.9 Å². The van der Waals surface area contributed by atoms with Crippen LogP contribution in [-0.2, 0) is 4.79 Å². The Morgan fingerprint density at radius 1 is 1.33 bits per heavy atom. The van der Waals surface area contributed by atoms with Crippen molar-refractivity contribution in [1.82, 2.24) is 0 Å². The number of aliphatic carboxylic acids is 1. The van der Waals surface area contributed by atoms with Gasteiger partial charge in [0.15, 0.2) is 0 Å². The first-order chi connectivity index (χ1) is 9.99. The van der Waals surface area contributed by atoms with Crippen molar-refractivity contribution >= 4 is 33.5 Å². The molecule has 1 unspecified atom stereocenters. The number of carboxylic acid groups (broad SMARTS) is 1. The van der Waals surface area contributed by atoms with Crippen LogP contribution in [0.1, 0.15) is 11.5 Å². The quantitative estimate of drug-likeness (QED) is 0.786. The highest BCUT2D eigenvalue weighted by atomic mass is 79.9. The molecule has 2 aromatic rings. The van der Waals surface area contributed by atoms with E-state index < -0.39 is 17.7 Å². The van der Waals surface area contributed by atoms with Crippen LogP contribution >= 0.6 is 27.5 Å². The average molecular weight is 374 g/mol. The molecule has 1 atom stereocenters. The maximum absolute atomic E-state index is 13.4. The molecule has 2 aromatic carbocycles. The van der Waals surface area contributed by atoms with Crippen LogP contribution in [0.25, 0.3) is 0 Å². The summed E-state index contributed by atoms with van der Waals surface area (Å²) in [5, 5.41) is 9.25. The number of ether oxygens (including phenoxy) is 1. The van der Waals surface area contributed by atoms with Crippen molar-refractivity contribution < 1.29 is 19.0 Å². The molecule has 0 aliphatic heterocycles. The number of hydrogen-bond donors (Lipinski definition) is 1. The molecule has 0 saturated heterocycles. The van der Waals surface area contributed by atoms with Crippen LogP contribution in [0.2, 0.25) is 5.02 Å². The highest BCUT2D eigenvalue weighted by Crippen LogP contribution is 2.31. The lowest BCUT2D eigenvalue weighted by atomic mass is 10.0. The van der Waals surface area contributed by atoms with Gasteiger partial charge in [0, 0.05) is 6.07 Å². The van der Waals surface area contributed by atoms with E-state index in [2.05, 4.69) is 15.9 Å². The van der Waals surface area contributed by atoms with Gasteiger partial charge in [-0.15, -0.1) is 0 Å². The predicted octanol–water partition coefficient (Wildman–Crippen LogP) is 4.49. The molecule has 21 heavy (non-hydrogen) atoms. The summed E-state index contributed by atoms with van der Waals surface area (Å²) < 4.78 is 19.3. The lowest BCUT2D eigenvalue weighted by Crippen LogP contribution is -2.19. The Balaban J connectivity index is 2.17. The van der Waals surface area contributed by atoms with Crippen molar-refractivity contribution in [2.75, 3.05) is 6.61 Å². The standard InChI is InChI=1S/C15H11BrClFO3/c16-11-6-12(17)13(18)7-14(11)21-8-10(15(19)20)9-4-2-1-3-5-9/h1-7,10H,8H2,(H,19,20).